The van der Waals surface area contributed by atoms with Gasteiger partial charge in [-0.2, -0.15) is 0 Å². The van der Waals surface area contributed by atoms with Crippen molar-refractivity contribution in [3.63, 3.8) is 0 Å². The summed E-state index contributed by atoms with van der Waals surface area (Å²) in [6, 6.07) is 5.89. The molecular weight excluding hydrogens is 354 g/mol. The molecule has 0 bridgehead atoms. The number of aliphatic carboxylic acids is 1. The van der Waals surface area contributed by atoms with Crippen molar-refractivity contribution in [2.75, 3.05) is 6.61 Å². The molecule has 0 saturated carbocycles. The quantitative estimate of drug-likeness (QED) is 0.647. The van der Waals surface area contributed by atoms with Gasteiger partial charge in [0.15, 0.2) is 18.2 Å². The number of Topliss-reactive ketones (excluding diaryl/α,β-unsaturated/α-hetero) is 2. The molecule has 0 saturated heterocycles. The second kappa shape index (κ2) is 9.07. The van der Waals surface area contributed by atoms with Crippen LogP contribution in [-0.2, 0) is 30.3 Å². The Kier molecular flexibility index (Phi) is 6.81. The molecule has 2 N–H and O–H groups in total. The lowest BCUT2D eigenvalue weighted by Gasteiger charge is -2.23. The molecule has 27 heavy (non-hydrogen) atoms. The average Bonchev–Trinajstić information content (AvgIpc) is 2.61. The highest BCUT2D eigenvalue weighted by Gasteiger charge is 2.31. The molecule has 0 fully saturated rings. The molecule has 1 aromatic carbocycles. The summed E-state index contributed by atoms with van der Waals surface area (Å²) in [5.74, 6) is -3.92. The van der Waals surface area contributed by atoms with Gasteiger partial charge in [-0.25, -0.2) is 0 Å². The van der Waals surface area contributed by atoms with E-state index in [2.05, 4.69) is 10.1 Å². The van der Waals surface area contributed by atoms with Crippen LogP contribution in [0.4, 0.5) is 0 Å². The number of hydrogen-bond acceptors (Lipinski definition) is 6. The first-order valence-electron chi connectivity index (χ1n) is 8.57. The van der Waals surface area contributed by atoms with Crippen LogP contribution in [0.1, 0.15) is 42.1 Å². The highest BCUT2D eigenvalue weighted by atomic mass is 16.5. The van der Waals surface area contributed by atoms with Crippen molar-refractivity contribution in [2.45, 2.75) is 38.6 Å². The first-order chi connectivity index (χ1) is 12.8. The minimum absolute atomic E-state index is 0.131. The maximum Gasteiger partial charge on any atom is 0.305 e. The first-order valence-corrected chi connectivity index (χ1v) is 8.57. The Labute approximate surface area is 155 Å². The lowest BCUT2D eigenvalue weighted by Crippen LogP contribution is -2.45. The van der Waals surface area contributed by atoms with Gasteiger partial charge in [0.1, 0.15) is 6.04 Å². The molecule has 8 nitrogen and oxygen atoms in total. The highest BCUT2D eigenvalue weighted by Crippen LogP contribution is 2.27. The monoisotopic (exact) mass is 375 g/mol. The number of carboxylic acid groups (broad SMARTS) is 1. The van der Waals surface area contributed by atoms with Crippen molar-refractivity contribution in [1.82, 2.24) is 5.32 Å². The third-order valence-corrected chi connectivity index (χ3v) is 4.37. The molecule has 1 amide bonds. The largest absolute Gasteiger partial charge is 0.481 e. The summed E-state index contributed by atoms with van der Waals surface area (Å²) >= 11 is 0. The van der Waals surface area contributed by atoms with Gasteiger partial charge in [0.2, 0.25) is 5.91 Å². The van der Waals surface area contributed by atoms with Gasteiger partial charge in [-0.05, 0) is 18.4 Å². The molecule has 0 aliphatic heterocycles. The van der Waals surface area contributed by atoms with Crippen LogP contribution in [0.25, 0.3) is 0 Å². The van der Waals surface area contributed by atoms with E-state index < -0.39 is 48.6 Å². The van der Waals surface area contributed by atoms with Gasteiger partial charge in [-0.15, -0.1) is 0 Å². The maximum absolute atomic E-state index is 12.5. The van der Waals surface area contributed by atoms with Gasteiger partial charge in [0.05, 0.1) is 6.42 Å². The van der Waals surface area contributed by atoms with Crippen LogP contribution in [-0.4, -0.2) is 47.2 Å². The highest BCUT2D eigenvalue weighted by molar-refractivity contribution is 6.02. The van der Waals surface area contributed by atoms with E-state index in [1.54, 1.807) is 12.1 Å². The summed E-state index contributed by atoms with van der Waals surface area (Å²) in [7, 11) is 0. The molecule has 8 heteroatoms. The SMILES string of the molecule is CC(=O)OCC(=O)C(CC(=O)O)NC(=O)CC1CCc2ccccc2C1=O. The summed E-state index contributed by atoms with van der Waals surface area (Å²) in [6.45, 7) is 0.494. The van der Waals surface area contributed by atoms with Crippen molar-refractivity contribution in [3.8, 4) is 0 Å². The Balaban J connectivity index is 1.99. The number of nitrogens with one attached hydrogen (secondary N) is 1. The summed E-state index contributed by atoms with van der Waals surface area (Å²) < 4.78 is 4.57. The second-order valence-electron chi connectivity index (χ2n) is 6.43. The van der Waals surface area contributed by atoms with E-state index in [9.17, 15) is 24.0 Å². The fraction of sp³-hybridized carbons (Fsp3) is 0.421. The van der Waals surface area contributed by atoms with Crippen molar-refractivity contribution in [3.05, 3.63) is 35.4 Å². The molecule has 2 unspecified atom stereocenters. The van der Waals surface area contributed by atoms with Crippen LogP contribution in [0.5, 0.6) is 0 Å². The van der Waals surface area contributed by atoms with Crippen LogP contribution in [0.3, 0.4) is 0 Å². The Morgan fingerprint density at radius 1 is 1.26 bits per heavy atom. The normalized spacial score (nSPS) is 16.8. The molecule has 2 atom stereocenters. The van der Waals surface area contributed by atoms with Crippen LogP contribution >= 0.6 is 0 Å². The molecular formula is C19H21NO7. The lowest BCUT2D eigenvalue weighted by molar-refractivity contribution is -0.147. The van der Waals surface area contributed by atoms with E-state index in [-0.39, 0.29) is 12.2 Å². The third-order valence-electron chi connectivity index (χ3n) is 4.37. The minimum Gasteiger partial charge on any atom is -0.481 e. The van der Waals surface area contributed by atoms with Crippen LogP contribution in [0.2, 0.25) is 0 Å². The Bertz CT molecular complexity index is 771. The number of hydrogen-bond donors (Lipinski definition) is 2. The zero-order valence-electron chi connectivity index (χ0n) is 14.9. The number of aryl methyl sites for hydroxylation is 1. The number of esters is 1. The fourth-order valence-corrected chi connectivity index (χ4v) is 3.02. The van der Waals surface area contributed by atoms with Crippen molar-refractivity contribution in [1.29, 1.82) is 0 Å². The molecule has 1 aromatic rings. The van der Waals surface area contributed by atoms with E-state index in [1.165, 1.54) is 0 Å². The summed E-state index contributed by atoms with van der Waals surface area (Å²) in [6.07, 6.45) is 0.412. The van der Waals surface area contributed by atoms with E-state index in [0.29, 0.717) is 18.4 Å². The van der Waals surface area contributed by atoms with E-state index >= 15 is 0 Å². The predicted molar refractivity (Wildman–Crippen MR) is 93.0 cm³/mol. The van der Waals surface area contributed by atoms with Crippen LogP contribution in [0.15, 0.2) is 24.3 Å². The molecule has 1 aliphatic carbocycles. The zero-order valence-corrected chi connectivity index (χ0v) is 14.9. The molecule has 0 heterocycles. The average molecular weight is 375 g/mol. The summed E-state index contributed by atoms with van der Waals surface area (Å²) in [5, 5.41) is 11.3. The molecule has 0 radical (unpaired) electrons. The maximum atomic E-state index is 12.5. The van der Waals surface area contributed by atoms with Crippen LogP contribution < -0.4 is 5.32 Å². The Morgan fingerprint density at radius 3 is 2.63 bits per heavy atom. The number of carboxylic acids is 1. The molecule has 0 aromatic heterocycles. The van der Waals surface area contributed by atoms with Crippen molar-refractivity contribution >= 4 is 29.4 Å². The van der Waals surface area contributed by atoms with E-state index in [1.807, 2.05) is 12.1 Å². The number of benzene rings is 1. The van der Waals surface area contributed by atoms with Crippen molar-refractivity contribution < 1.29 is 33.8 Å². The first kappa shape index (κ1) is 20.3. The Hall–Kier alpha value is -3.03. The molecule has 1 aliphatic rings. The Morgan fingerprint density at radius 2 is 1.96 bits per heavy atom. The summed E-state index contributed by atoms with van der Waals surface area (Å²) in [5.41, 5.74) is 1.54. The topological polar surface area (TPSA) is 127 Å². The number of carbonyl (C=O) groups excluding carboxylic acids is 4. The number of ether oxygens (including phenoxy) is 1. The van der Waals surface area contributed by atoms with E-state index in [0.717, 1.165) is 12.5 Å². The standard InChI is InChI=1S/C19H21NO7/c1-11(21)27-10-16(22)15(9-18(24)25)20-17(23)8-13-7-6-12-4-2-3-5-14(12)19(13)26/h2-5,13,15H,6-10H2,1H3,(H,20,23)(H,24,25). The summed E-state index contributed by atoms with van der Waals surface area (Å²) in [4.78, 5) is 58.6. The van der Waals surface area contributed by atoms with Gasteiger partial charge in [0, 0.05) is 24.8 Å². The smallest absolute Gasteiger partial charge is 0.305 e. The van der Waals surface area contributed by atoms with Crippen LogP contribution in [0, 0.1) is 5.92 Å². The van der Waals surface area contributed by atoms with Gasteiger partial charge in [0.25, 0.3) is 0 Å². The number of ketones is 2. The lowest BCUT2D eigenvalue weighted by atomic mass is 9.81. The van der Waals surface area contributed by atoms with Gasteiger partial charge >= 0.3 is 11.9 Å². The van der Waals surface area contributed by atoms with Crippen molar-refractivity contribution in [2.24, 2.45) is 5.92 Å². The second-order valence-corrected chi connectivity index (χ2v) is 6.43. The van der Waals surface area contributed by atoms with E-state index in [4.69, 9.17) is 5.11 Å². The fourth-order valence-electron chi connectivity index (χ4n) is 3.02. The third kappa shape index (κ3) is 5.73. The van der Waals surface area contributed by atoms with Gasteiger partial charge < -0.3 is 15.2 Å². The molecule has 2 rings (SSSR count). The number of carbonyl (C=O) groups is 5. The number of rotatable bonds is 8. The molecule has 0 spiro atoms. The predicted octanol–water partition coefficient (Wildman–Crippen LogP) is 0.913. The minimum atomic E-state index is -1.32. The molecule has 144 valence electrons. The number of fused-ring (bicyclic) bond motifs is 1. The number of amides is 1. The zero-order chi connectivity index (χ0) is 20.0. The van der Waals surface area contributed by atoms with Gasteiger partial charge in [-0.1, -0.05) is 24.3 Å². The van der Waals surface area contributed by atoms with Gasteiger partial charge in [-0.3, -0.25) is 24.0 Å².